The van der Waals surface area contributed by atoms with Crippen molar-refractivity contribution in [3.8, 4) is 5.88 Å². The smallest absolute Gasteiger partial charge is 0.255 e. The van der Waals surface area contributed by atoms with E-state index < -0.39 is 0 Å². The van der Waals surface area contributed by atoms with Crippen LogP contribution in [0.15, 0.2) is 42.6 Å². The maximum atomic E-state index is 12.8. The fourth-order valence-corrected chi connectivity index (χ4v) is 3.64. The molecule has 6 nitrogen and oxygen atoms in total. The summed E-state index contributed by atoms with van der Waals surface area (Å²) >= 11 is 0. The minimum Gasteiger partial charge on any atom is -0.475 e. The predicted octanol–water partition coefficient (Wildman–Crippen LogP) is 4.04. The molecule has 3 heterocycles. The molecule has 0 atom stereocenters. The predicted molar refractivity (Wildman–Crippen MR) is 109 cm³/mol. The van der Waals surface area contributed by atoms with E-state index in [0.717, 1.165) is 16.9 Å². The van der Waals surface area contributed by atoms with Gasteiger partial charge in [0.1, 0.15) is 5.82 Å². The van der Waals surface area contributed by atoms with Crippen LogP contribution in [-0.4, -0.2) is 44.5 Å². The summed E-state index contributed by atoms with van der Waals surface area (Å²) in [6.45, 7) is 9.59. The summed E-state index contributed by atoms with van der Waals surface area (Å²) in [5, 5.41) is 0. The monoisotopic (exact) mass is 378 g/mol. The third-order valence-electron chi connectivity index (χ3n) is 4.99. The largest absolute Gasteiger partial charge is 0.475 e. The fraction of sp³-hybridized carbons (Fsp3) is 0.409. The van der Waals surface area contributed by atoms with Crippen molar-refractivity contribution < 1.29 is 9.53 Å². The minimum absolute atomic E-state index is 0.00960. The molecule has 1 aliphatic rings. The highest BCUT2D eigenvalue weighted by molar-refractivity contribution is 5.94. The Labute approximate surface area is 165 Å². The number of benzene rings is 1. The third-order valence-corrected chi connectivity index (χ3v) is 4.99. The number of carbonyl (C=O) groups excluding carboxylic acids is 1. The van der Waals surface area contributed by atoms with Gasteiger partial charge in [-0.25, -0.2) is 9.97 Å². The number of hydrogen-bond acceptors (Lipinski definition) is 4. The highest BCUT2D eigenvalue weighted by Gasteiger charge is 2.35. The number of para-hydroxylation sites is 2. The first-order chi connectivity index (χ1) is 13.4. The van der Waals surface area contributed by atoms with Crippen LogP contribution >= 0.6 is 0 Å². The van der Waals surface area contributed by atoms with Gasteiger partial charge in [0.25, 0.3) is 5.91 Å². The van der Waals surface area contributed by atoms with Crippen LogP contribution in [0.2, 0.25) is 0 Å². The van der Waals surface area contributed by atoms with Crippen molar-refractivity contribution in [2.75, 3.05) is 13.1 Å². The number of imidazole rings is 1. The topological polar surface area (TPSA) is 60.2 Å². The molecular weight excluding hydrogens is 352 g/mol. The molecule has 1 aliphatic heterocycles. The van der Waals surface area contributed by atoms with Crippen LogP contribution in [0.1, 0.15) is 55.8 Å². The Morgan fingerprint density at radius 1 is 1.11 bits per heavy atom. The zero-order chi connectivity index (χ0) is 19.8. The molecule has 1 aromatic carbocycles. The van der Waals surface area contributed by atoms with Gasteiger partial charge in [0.15, 0.2) is 0 Å². The lowest BCUT2D eigenvalue weighted by Gasteiger charge is -2.41. The quantitative estimate of drug-likeness (QED) is 0.672. The Bertz CT molecular complexity index is 985. The van der Waals surface area contributed by atoms with Crippen LogP contribution in [0, 0.1) is 0 Å². The summed E-state index contributed by atoms with van der Waals surface area (Å²) in [5.74, 6) is 1.96. The first-order valence-electron chi connectivity index (χ1n) is 9.83. The van der Waals surface area contributed by atoms with Crippen LogP contribution in [0.3, 0.4) is 0 Å². The maximum absolute atomic E-state index is 12.8. The van der Waals surface area contributed by atoms with Crippen molar-refractivity contribution in [1.82, 2.24) is 19.4 Å². The average molecular weight is 378 g/mol. The fourth-order valence-electron chi connectivity index (χ4n) is 3.64. The lowest BCUT2D eigenvalue weighted by atomic mass is 10.1. The molecule has 0 radical (unpaired) electrons. The summed E-state index contributed by atoms with van der Waals surface area (Å²) in [4.78, 5) is 23.7. The number of hydrogen-bond donors (Lipinski definition) is 0. The van der Waals surface area contributed by atoms with Crippen molar-refractivity contribution in [2.24, 2.45) is 0 Å². The van der Waals surface area contributed by atoms with Crippen molar-refractivity contribution in [1.29, 1.82) is 0 Å². The Morgan fingerprint density at radius 2 is 1.86 bits per heavy atom. The molecule has 1 saturated heterocycles. The van der Waals surface area contributed by atoms with E-state index in [2.05, 4.69) is 29.5 Å². The second-order valence-corrected chi connectivity index (χ2v) is 7.90. The van der Waals surface area contributed by atoms with E-state index in [1.807, 2.05) is 36.9 Å². The van der Waals surface area contributed by atoms with E-state index in [9.17, 15) is 4.79 Å². The molecule has 3 aromatic rings. The zero-order valence-corrected chi connectivity index (χ0v) is 16.8. The number of ether oxygens (including phenoxy) is 1. The summed E-state index contributed by atoms with van der Waals surface area (Å²) in [6, 6.07) is 12.0. The lowest BCUT2D eigenvalue weighted by Crippen LogP contribution is -2.51. The molecule has 2 aromatic heterocycles. The van der Waals surface area contributed by atoms with Crippen LogP contribution in [0.5, 0.6) is 5.88 Å². The SMILES string of the molecule is CC(C)Oc1ccc(C(=O)N2CC(n3c(C(C)C)nc4ccccc43)C2)cn1. The molecule has 0 unspecified atom stereocenters. The zero-order valence-electron chi connectivity index (χ0n) is 16.8. The second kappa shape index (κ2) is 7.26. The number of amides is 1. The highest BCUT2D eigenvalue weighted by Crippen LogP contribution is 2.31. The highest BCUT2D eigenvalue weighted by atomic mass is 16.5. The molecule has 6 heteroatoms. The number of fused-ring (bicyclic) bond motifs is 1. The number of carbonyl (C=O) groups is 1. The minimum atomic E-state index is 0.00960. The number of pyridine rings is 1. The van der Waals surface area contributed by atoms with Crippen molar-refractivity contribution in [2.45, 2.75) is 45.8 Å². The molecule has 1 fully saturated rings. The van der Waals surface area contributed by atoms with Crippen LogP contribution < -0.4 is 4.74 Å². The van der Waals surface area contributed by atoms with Gasteiger partial charge in [0.05, 0.1) is 28.7 Å². The Hall–Kier alpha value is -2.89. The van der Waals surface area contributed by atoms with Gasteiger partial charge in [0, 0.05) is 31.3 Å². The van der Waals surface area contributed by atoms with Gasteiger partial charge < -0.3 is 14.2 Å². The molecule has 0 spiro atoms. The van der Waals surface area contributed by atoms with Gasteiger partial charge in [-0.3, -0.25) is 4.79 Å². The Kier molecular flexibility index (Phi) is 4.79. The van der Waals surface area contributed by atoms with E-state index in [1.54, 1.807) is 18.3 Å². The first-order valence-corrected chi connectivity index (χ1v) is 9.83. The van der Waals surface area contributed by atoms with Crippen LogP contribution in [0.4, 0.5) is 0 Å². The maximum Gasteiger partial charge on any atom is 0.255 e. The molecular formula is C22H26N4O2. The van der Waals surface area contributed by atoms with Crippen molar-refractivity contribution >= 4 is 16.9 Å². The van der Waals surface area contributed by atoms with E-state index in [0.29, 0.717) is 30.5 Å². The summed E-state index contributed by atoms with van der Waals surface area (Å²) in [7, 11) is 0. The van der Waals surface area contributed by atoms with Crippen LogP contribution in [-0.2, 0) is 0 Å². The molecule has 146 valence electrons. The van der Waals surface area contributed by atoms with E-state index in [-0.39, 0.29) is 18.1 Å². The van der Waals surface area contributed by atoms with Gasteiger partial charge in [0.2, 0.25) is 5.88 Å². The number of nitrogens with zero attached hydrogens (tertiary/aromatic N) is 4. The molecule has 0 aliphatic carbocycles. The molecule has 4 rings (SSSR count). The van der Waals surface area contributed by atoms with Gasteiger partial charge in [-0.1, -0.05) is 26.0 Å². The second-order valence-electron chi connectivity index (χ2n) is 7.90. The molecule has 28 heavy (non-hydrogen) atoms. The van der Waals surface area contributed by atoms with Gasteiger partial charge >= 0.3 is 0 Å². The van der Waals surface area contributed by atoms with Gasteiger partial charge in [-0.15, -0.1) is 0 Å². The molecule has 1 amide bonds. The molecule has 0 saturated carbocycles. The molecule has 0 N–H and O–H groups in total. The van der Waals surface area contributed by atoms with E-state index >= 15 is 0 Å². The van der Waals surface area contributed by atoms with Crippen molar-refractivity contribution in [3.63, 3.8) is 0 Å². The Morgan fingerprint density at radius 3 is 2.50 bits per heavy atom. The average Bonchev–Trinajstić information content (AvgIpc) is 3.00. The lowest BCUT2D eigenvalue weighted by molar-refractivity contribution is 0.0520. The third kappa shape index (κ3) is 3.35. The summed E-state index contributed by atoms with van der Waals surface area (Å²) < 4.78 is 7.85. The number of aromatic nitrogens is 3. The number of rotatable bonds is 5. The normalized spacial score (nSPS) is 14.7. The number of likely N-dealkylation sites (tertiary alicyclic amines) is 1. The van der Waals surface area contributed by atoms with Gasteiger partial charge in [-0.05, 0) is 32.0 Å². The Balaban J connectivity index is 1.49. The summed E-state index contributed by atoms with van der Waals surface area (Å²) in [6.07, 6.45) is 1.66. The van der Waals surface area contributed by atoms with Gasteiger partial charge in [-0.2, -0.15) is 0 Å². The van der Waals surface area contributed by atoms with Crippen molar-refractivity contribution in [3.05, 3.63) is 54.0 Å². The first kappa shape index (κ1) is 18.5. The molecule has 0 bridgehead atoms. The summed E-state index contributed by atoms with van der Waals surface area (Å²) in [5.41, 5.74) is 2.75. The van der Waals surface area contributed by atoms with E-state index in [1.165, 1.54) is 0 Å². The standard InChI is InChI=1S/C22H26N4O2/c1-14(2)21-24-18-7-5-6-8-19(18)26(21)17-12-25(13-17)22(27)16-9-10-20(23-11-16)28-15(3)4/h5-11,14-15,17H,12-13H2,1-4H3. The van der Waals surface area contributed by atoms with Crippen LogP contribution in [0.25, 0.3) is 11.0 Å². The van der Waals surface area contributed by atoms with E-state index in [4.69, 9.17) is 9.72 Å².